The molecule has 2 aromatic rings. The Morgan fingerprint density at radius 2 is 2.09 bits per heavy atom. The average Bonchev–Trinajstić information content (AvgIpc) is 2.87. The monoisotopic (exact) mass is 298 g/mol. The van der Waals surface area contributed by atoms with Crippen LogP contribution in [0, 0.1) is 11.8 Å². The lowest BCUT2D eigenvalue weighted by Gasteiger charge is -2.34. The molecule has 1 saturated heterocycles. The molecule has 3 rings (SSSR count). The van der Waals surface area contributed by atoms with E-state index in [1.807, 2.05) is 18.3 Å². The first-order valence-corrected chi connectivity index (χ1v) is 8.38. The zero-order valence-electron chi connectivity index (χ0n) is 13.9. The highest BCUT2D eigenvalue weighted by Crippen LogP contribution is 2.27. The quantitative estimate of drug-likeness (QED) is 0.849. The molecule has 0 radical (unpaired) electrons. The summed E-state index contributed by atoms with van der Waals surface area (Å²) < 4.78 is 1.79. The largest absolute Gasteiger partial charge is 0.299 e. The predicted molar refractivity (Wildman–Crippen MR) is 91.1 cm³/mol. The van der Waals surface area contributed by atoms with Crippen LogP contribution in [-0.4, -0.2) is 28.5 Å². The Kier molecular flexibility index (Phi) is 4.34. The predicted octanol–water partition coefficient (Wildman–Crippen LogP) is 4.17. The van der Waals surface area contributed by atoms with Gasteiger partial charge in [0.25, 0.3) is 0 Å². The highest BCUT2D eigenvalue weighted by atomic mass is 16.1. The molecule has 1 fully saturated rings. The molecule has 1 aliphatic rings. The second-order valence-corrected chi connectivity index (χ2v) is 6.94. The summed E-state index contributed by atoms with van der Waals surface area (Å²) in [6, 6.07) is 8.23. The van der Waals surface area contributed by atoms with Gasteiger partial charge in [-0.25, -0.2) is 0 Å². The summed E-state index contributed by atoms with van der Waals surface area (Å²) in [7, 11) is 0. The normalized spacial score (nSPS) is 19.9. The van der Waals surface area contributed by atoms with Crippen LogP contribution in [0.1, 0.15) is 44.0 Å². The highest BCUT2D eigenvalue weighted by molar-refractivity contribution is 5.93. The van der Waals surface area contributed by atoms with Gasteiger partial charge in [-0.05, 0) is 42.9 Å². The molecule has 0 saturated carbocycles. The van der Waals surface area contributed by atoms with Crippen molar-refractivity contribution in [3.63, 3.8) is 0 Å². The van der Waals surface area contributed by atoms with E-state index in [1.165, 1.54) is 36.9 Å². The van der Waals surface area contributed by atoms with Crippen LogP contribution in [0.15, 0.2) is 30.5 Å². The van der Waals surface area contributed by atoms with Crippen LogP contribution in [0.3, 0.4) is 0 Å². The van der Waals surface area contributed by atoms with Gasteiger partial charge in [-0.1, -0.05) is 32.0 Å². The van der Waals surface area contributed by atoms with E-state index in [1.54, 1.807) is 11.5 Å². The average molecular weight is 298 g/mol. The molecule has 0 spiro atoms. The van der Waals surface area contributed by atoms with Crippen LogP contribution in [-0.2, 0) is 6.54 Å². The van der Waals surface area contributed by atoms with Gasteiger partial charge < -0.3 is 0 Å². The standard InChI is InChI=1S/C19H26N2O/c1-14(2)16-7-6-10-20(11-16)12-17-13-21(15(3)22)19-9-5-4-8-18(17)19/h4-5,8-9,13-14,16H,6-7,10-12H2,1-3H3. The summed E-state index contributed by atoms with van der Waals surface area (Å²) >= 11 is 0. The number of fused-ring (bicyclic) bond motifs is 1. The number of hydrogen-bond acceptors (Lipinski definition) is 2. The van der Waals surface area contributed by atoms with Gasteiger partial charge in [-0.2, -0.15) is 0 Å². The van der Waals surface area contributed by atoms with Gasteiger partial charge in [0.1, 0.15) is 0 Å². The third kappa shape index (κ3) is 2.95. The van der Waals surface area contributed by atoms with E-state index < -0.39 is 0 Å². The van der Waals surface area contributed by atoms with Gasteiger partial charge in [-0.15, -0.1) is 0 Å². The molecule has 1 aliphatic heterocycles. The van der Waals surface area contributed by atoms with E-state index in [9.17, 15) is 4.79 Å². The molecule has 22 heavy (non-hydrogen) atoms. The Morgan fingerprint density at radius 3 is 2.82 bits per heavy atom. The number of benzene rings is 1. The number of nitrogens with zero attached hydrogens (tertiary/aromatic N) is 2. The van der Waals surface area contributed by atoms with Gasteiger partial charge in [0, 0.05) is 31.6 Å². The second-order valence-electron chi connectivity index (χ2n) is 6.94. The molecule has 2 heterocycles. The maximum atomic E-state index is 11.9. The summed E-state index contributed by atoms with van der Waals surface area (Å²) in [5, 5.41) is 1.21. The summed E-state index contributed by atoms with van der Waals surface area (Å²) in [5.41, 5.74) is 2.30. The molecular formula is C19H26N2O. The minimum atomic E-state index is 0.0844. The smallest absolute Gasteiger partial charge is 0.227 e. The van der Waals surface area contributed by atoms with Gasteiger partial charge >= 0.3 is 0 Å². The Hall–Kier alpha value is -1.61. The zero-order valence-corrected chi connectivity index (χ0v) is 13.9. The van der Waals surface area contributed by atoms with Crippen molar-refractivity contribution in [1.82, 2.24) is 9.47 Å². The summed E-state index contributed by atoms with van der Waals surface area (Å²) in [4.78, 5) is 14.4. The van der Waals surface area contributed by atoms with Gasteiger partial charge in [0.05, 0.1) is 5.52 Å². The SMILES string of the molecule is CC(=O)n1cc(CN2CCCC(C(C)C)C2)c2ccccc21. The number of rotatable bonds is 3. The van der Waals surface area contributed by atoms with Crippen molar-refractivity contribution in [2.24, 2.45) is 11.8 Å². The number of aromatic nitrogens is 1. The first-order valence-electron chi connectivity index (χ1n) is 8.38. The van der Waals surface area contributed by atoms with Crippen molar-refractivity contribution in [2.75, 3.05) is 13.1 Å². The van der Waals surface area contributed by atoms with Crippen LogP contribution in [0.4, 0.5) is 0 Å². The lowest BCUT2D eigenvalue weighted by atomic mass is 9.88. The number of carbonyl (C=O) groups excluding carboxylic acids is 1. The molecule has 1 aromatic heterocycles. The fourth-order valence-electron chi connectivity index (χ4n) is 3.66. The van der Waals surface area contributed by atoms with Crippen LogP contribution >= 0.6 is 0 Å². The Labute approximate surface area is 132 Å². The van der Waals surface area contributed by atoms with Crippen molar-refractivity contribution in [3.8, 4) is 0 Å². The molecule has 1 unspecified atom stereocenters. The molecule has 0 bridgehead atoms. The maximum absolute atomic E-state index is 11.9. The van der Waals surface area contributed by atoms with Crippen molar-refractivity contribution < 1.29 is 4.79 Å². The molecule has 3 heteroatoms. The lowest BCUT2D eigenvalue weighted by Crippen LogP contribution is -2.36. The number of carbonyl (C=O) groups is 1. The van der Waals surface area contributed by atoms with Crippen molar-refractivity contribution in [1.29, 1.82) is 0 Å². The van der Waals surface area contributed by atoms with Crippen molar-refractivity contribution in [2.45, 2.75) is 40.2 Å². The van der Waals surface area contributed by atoms with E-state index >= 15 is 0 Å². The zero-order chi connectivity index (χ0) is 15.7. The molecule has 118 valence electrons. The number of hydrogen-bond donors (Lipinski definition) is 0. The van der Waals surface area contributed by atoms with Gasteiger partial charge in [0.15, 0.2) is 0 Å². The molecular weight excluding hydrogens is 272 g/mol. The third-order valence-corrected chi connectivity index (χ3v) is 5.01. The van der Waals surface area contributed by atoms with E-state index in [2.05, 4.69) is 30.9 Å². The Morgan fingerprint density at radius 1 is 1.32 bits per heavy atom. The molecule has 0 N–H and O–H groups in total. The molecule has 1 aromatic carbocycles. The van der Waals surface area contributed by atoms with E-state index in [4.69, 9.17) is 0 Å². The lowest BCUT2D eigenvalue weighted by molar-refractivity contribution is 0.0941. The first-order chi connectivity index (χ1) is 10.6. The van der Waals surface area contributed by atoms with Gasteiger partial charge in [-0.3, -0.25) is 14.3 Å². The fraction of sp³-hybridized carbons (Fsp3) is 0.526. The van der Waals surface area contributed by atoms with E-state index in [0.717, 1.165) is 23.9 Å². The minimum Gasteiger partial charge on any atom is -0.299 e. The van der Waals surface area contributed by atoms with Crippen molar-refractivity contribution >= 4 is 16.8 Å². The molecule has 0 amide bonds. The van der Waals surface area contributed by atoms with Crippen LogP contribution in [0.25, 0.3) is 10.9 Å². The number of piperidine rings is 1. The minimum absolute atomic E-state index is 0.0844. The van der Waals surface area contributed by atoms with E-state index in [0.29, 0.717) is 0 Å². The summed E-state index contributed by atoms with van der Waals surface area (Å²) in [5.74, 6) is 1.64. The van der Waals surface area contributed by atoms with E-state index in [-0.39, 0.29) is 5.91 Å². The Balaban J connectivity index is 1.86. The van der Waals surface area contributed by atoms with Crippen LogP contribution < -0.4 is 0 Å². The van der Waals surface area contributed by atoms with Crippen LogP contribution in [0.2, 0.25) is 0 Å². The molecule has 1 atom stereocenters. The topological polar surface area (TPSA) is 25.2 Å². The summed E-state index contributed by atoms with van der Waals surface area (Å²) in [6.45, 7) is 9.58. The number of para-hydroxylation sites is 1. The Bertz CT molecular complexity index is 671. The maximum Gasteiger partial charge on any atom is 0.227 e. The van der Waals surface area contributed by atoms with Crippen molar-refractivity contribution in [3.05, 3.63) is 36.0 Å². The van der Waals surface area contributed by atoms with Gasteiger partial charge in [0.2, 0.25) is 5.91 Å². The summed E-state index contributed by atoms with van der Waals surface area (Å²) in [6.07, 6.45) is 4.67. The first kappa shape index (κ1) is 15.3. The molecule has 3 nitrogen and oxygen atoms in total. The molecule has 0 aliphatic carbocycles. The van der Waals surface area contributed by atoms with Crippen LogP contribution in [0.5, 0.6) is 0 Å². The highest BCUT2D eigenvalue weighted by Gasteiger charge is 2.23. The second kappa shape index (κ2) is 6.25. The third-order valence-electron chi connectivity index (χ3n) is 5.01. The number of likely N-dealkylation sites (tertiary alicyclic amines) is 1. The fourth-order valence-corrected chi connectivity index (χ4v) is 3.66.